The molecular weight excluding hydrogens is 411 g/mol. The largest absolute Gasteiger partial charge is 0.424 e. The van der Waals surface area contributed by atoms with E-state index in [0.717, 1.165) is 23.2 Å². The van der Waals surface area contributed by atoms with Gasteiger partial charge in [0.2, 0.25) is 0 Å². The highest BCUT2D eigenvalue weighted by Crippen LogP contribution is 2.28. The van der Waals surface area contributed by atoms with Gasteiger partial charge in [-0.3, -0.25) is 4.79 Å². The van der Waals surface area contributed by atoms with Crippen molar-refractivity contribution in [2.24, 2.45) is 5.92 Å². The lowest BCUT2D eigenvalue weighted by atomic mass is 9.90. The predicted molar refractivity (Wildman–Crippen MR) is 117 cm³/mol. The number of aromatic nitrogens is 4. The lowest BCUT2D eigenvalue weighted by molar-refractivity contribution is 0.0538. The minimum Gasteiger partial charge on any atom is -0.424 e. The molecule has 2 aromatic heterocycles. The van der Waals surface area contributed by atoms with Crippen molar-refractivity contribution < 1.29 is 13.6 Å². The molecule has 1 N–H and O–H groups in total. The molecule has 0 aliphatic carbocycles. The van der Waals surface area contributed by atoms with Gasteiger partial charge in [0.25, 0.3) is 11.9 Å². The molecule has 5 rings (SSSR count). The van der Waals surface area contributed by atoms with Crippen molar-refractivity contribution >= 4 is 23.0 Å². The number of carbonyl (C=O) groups is 1. The molecule has 8 nitrogen and oxygen atoms in total. The normalized spacial score (nSPS) is 18.8. The van der Waals surface area contributed by atoms with Crippen LogP contribution in [0.2, 0.25) is 0 Å². The second-order valence-corrected chi connectivity index (χ2v) is 8.01. The fraction of sp³-hybridized carbons (Fsp3) is 0.304. The second kappa shape index (κ2) is 8.41. The maximum absolute atomic E-state index is 14.7. The standard InChI is InChI=1S/C23H23FN6O2/c1-15-6-5-13-29(19(15)14-25-23-28-18-9-2-3-10-20(18)32-23)22(31)16-7-4-8-17(24)21(16)30-26-11-12-27-30/h2-4,7-12,15,19H,5-6,13-14H2,1H3,(H,25,28)/t15-,19-/m1/s1. The Bertz CT molecular complexity index is 1210. The molecule has 4 aromatic rings. The van der Waals surface area contributed by atoms with Gasteiger partial charge < -0.3 is 14.6 Å². The highest BCUT2D eigenvalue weighted by atomic mass is 19.1. The van der Waals surface area contributed by atoms with E-state index in [9.17, 15) is 9.18 Å². The first kappa shape index (κ1) is 20.2. The van der Waals surface area contributed by atoms with Crippen LogP contribution in [0, 0.1) is 11.7 Å². The summed E-state index contributed by atoms with van der Waals surface area (Å²) in [6.07, 6.45) is 4.80. The molecule has 2 aromatic carbocycles. The van der Waals surface area contributed by atoms with E-state index in [2.05, 4.69) is 27.4 Å². The van der Waals surface area contributed by atoms with Crippen LogP contribution in [-0.2, 0) is 0 Å². The van der Waals surface area contributed by atoms with E-state index >= 15 is 0 Å². The van der Waals surface area contributed by atoms with E-state index in [1.54, 1.807) is 6.07 Å². The van der Waals surface area contributed by atoms with Crippen LogP contribution in [0.5, 0.6) is 0 Å². The summed E-state index contributed by atoms with van der Waals surface area (Å²) in [6, 6.07) is 12.3. The summed E-state index contributed by atoms with van der Waals surface area (Å²) in [5.41, 5.74) is 1.78. The van der Waals surface area contributed by atoms with E-state index < -0.39 is 5.82 Å². The van der Waals surface area contributed by atoms with Crippen molar-refractivity contribution in [2.75, 3.05) is 18.4 Å². The minimum atomic E-state index is -0.543. The van der Waals surface area contributed by atoms with Crippen molar-refractivity contribution in [3.8, 4) is 5.69 Å². The number of anilines is 1. The SMILES string of the molecule is C[C@@H]1CCCN(C(=O)c2cccc(F)c2-n2nccn2)[C@@H]1CNc1nc2ccccc2o1. The molecule has 9 heteroatoms. The van der Waals surface area contributed by atoms with Gasteiger partial charge in [-0.25, -0.2) is 4.39 Å². The summed E-state index contributed by atoms with van der Waals surface area (Å²) in [4.78, 5) is 21.0. The van der Waals surface area contributed by atoms with Gasteiger partial charge in [0, 0.05) is 13.1 Å². The summed E-state index contributed by atoms with van der Waals surface area (Å²) in [7, 11) is 0. The third-order valence-electron chi connectivity index (χ3n) is 5.97. The number of halogens is 1. The van der Waals surface area contributed by atoms with Crippen LogP contribution in [-0.4, -0.2) is 49.9 Å². The smallest absolute Gasteiger partial charge is 0.295 e. The average Bonchev–Trinajstić information content (AvgIpc) is 3.47. The third-order valence-corrected chi connectivity index (χ3v) is 5.97. The van der Waals surface area contributed by atoms with Gasteiger partial charge in [0.1, 0.15) is 11.2 Å². The molecule has 164 valence electrons. The number of piperidine rings is 1. The van der Waals surface area contributed by atoms with Gasteiger partial charge in [-0.15, -0.1) is 4.80 Å². The Morgan fingerprint density at radius 2 is 2.00 bits per heavy atom. The van der Waals surface area contributed by atoms with Gasteiger partial charge >= 0.3 is 0 Å². The molecule has 0 bridgehead atoms. The molecule has 0 radical (unpaired) electrons. The van der Waals surface area contributed by atoms with E-state index in [-0.39, 0.29) is 29.1 Å². The Balaban J connectivity index is 1.41. The quantitative estimate of drug-likeness (QED) is 0.513. The molecule has 0 saturated carbocycles. The van der Waals surface area contributed by atoms with Crippen molar-refractivity contribution in [1.29, 1.82) is 0 Å². The molecule has 0 spiro atoms. The van der Waals surface area contributed by atoms with Crippen molar-refractivity contribution in [3.63, 3.8) is 0 Å². The summed E-state index contributed by atoms with van der Waals surface area (Å²) in [5, 5.41) is 11.3. The Kier molecular flexibility index (Phi) is 5.30. The van der Waals surface area contributed by atoms with E-state index in [1.807, 2.05) is 29.2 Å². The molecule has 1 aliphatic heterocycles. The number of benzene rings is 2. The average molecular weight is 434 g/mol. The summed E-state index contributed by atoms with van der Waals surface area (Å²) >= 11 is 0. The summed E-state index contributed by atoms with van der Waals surface area (Å²) in [6.45, 7) is 3.19. The molecule has 1 fully saturated rings. The molecule has 0 unspecified atom stereocenters. The maximum atomic E-state index is 14.7. The highest BCUT2D eigenvalue weighted by molar-refractivity contribution is 5.98. The first-order chi connectivity index (χ1) is 15.6. The summed E-state index contributed by atoms with van der Waals surface area (Å²) in [5.74, 6) is -0.532. The number of likely N-dealkylation sites (tertiary alicyclic amines) is 1. The van der Waals surface area contributed by atoms with Crippen molar-refractivity contribution in [3.05, 3.63) is 66.2 Å². The lowest BCUT2D eigenvalue weighted by Gasteiger charge is -2.40. The third kappa shape index (κ3) is 3.70. The number of para-hydroxylation sites is 3. The molecule has 2 atom stereocenters. The highest BCUT2D eigenvalue weighted by Gasteiger charge is 2.34. The van der Waals surface area contributed by atoms with Crippen LogP contribution < -0.4 is 5.32 Å². The summed E-state index contributed by atoms with van der Waals surface area (Å²) < 4.78 is 20.4. The number of rotatable bonds is 5. The minimum absolute atomic E-state index is 0.0615. The van der Waals surface area contributed by atoms with Gasteiger partial charge in [0.05, 0.1) is 24.0 Å². The van der Waals surface area contributed by atoms with Crippen molar-refractivity contribution in [1.82, 2.24) is 24.9 Å². The number of carbonyl (C=O) groups excluding carboxylic acids is 1. The first-order valence-electron chi connectivity index (χ1n) is 10.7. The Morgan fingerprint density at radius 1 is 1.19 bits per heavy atom. The number of oxazole rings is 1. The number of nitrogens with one attached hydrogen (secondary N) is 1. The topological polar surface area (TPSA) is 89.1 Å². The Labute approximate surface area is 184 Å². The number of amides is 1. The molecule has 1 saturated heterocycles. The predicted octanol–water partition coefficient (Wildman–Crippen LogP) is 3.90. The second-order valence-electron chi connectivity index (χ2n) is 8.01. The monoisotopic (exact) mass is 434 g/mol. The van der Waals surface area contributed by atoms with Crippen LogP contribution in [0.1, 0.15) is 30.1 Å². The number of nitrogens with zero attached hydrogens (tertiary/aromatic N) is 5. The van der Waals surface area contributed by atoms with E-state index in [0.29, 0.717) is 24.7 Å². The van der Waals surface area contributed by atoms with Crippen LogP contribution in [0.4, 0.5) is 10.4 Å². The van der Waals surface area contributed by atoms with Crippen molar-refractivity contribution in [2.45, 2.75) is 25.8 Å². The molecule has 1 aliphatic rings. The maximum Gasteiger partial charge on any atom is 0.295 e. The van der Waals surface area contributed by atoms with E-state index in [4.69, 9.17) is 4.42 Å². The number of hydrogen-bond acceptors (Lipinski definition) is 6. The zero-order valence-corrected chi connectivity index (χ0v) is 17.6. The number of fused-ring (bicyclic) bond motifs is 1. The first-order valence-corrected chi connectivity index (χ1v) is 10.7. The molecule has 32 heavy (non-hydrogen) atoms. The molecular formula is C23H23FN6O2. The van der Waals surface area contributed by atoms with E-state index in [1.165, 1.54) is 24.5 Å². The molecule has 3 heterocycles. The fourth-order valence-corrected chi connectivity index (χ4v) is 4.33. The van der Waals surface area contributed by atoms with Crippen LogP contribution >= 0.6 is 0 Å². The van der Waals surface area contributed by atoms with Crippen LogP contribution in [0.25, 0.3) is 16.8 Å². The fourth-order valence-electron chi connectivity index (χ4n) is 4.33. The van der Waals surface area contributed by atoms with Gasteiger partial charge in [0.15, 0.2) is 11.4 Å². The molecule has 1 amide bonds. The zero-order chi connectivity index (χ0) is 22.1. The van der Waals surface area contributed by atoms with Gasteiger partial charge in [-0.2, -0.15) is 15.2 Å². The Hall–Kier alpha value is -3.75. The van der Waals surface area contributed by atoms with Crippen LogP contribution in [0.3, 0.4) is 0 Å². The van der Waals surface area contributed by atoms with Gasteiger partial charge in [-0.05, 0) is 43.0 Å². The number of hydrogen-bond donors (Lipinski definition) is 1. The zero-order valence-electron chi connectivity index (χ0n) is 17.6. The van der Waals surface area contributed by atoms with Crippen LogP contribution in [0.15, 0.2) is 59.3 Å². The Morgan fingerprint density at radius 3 is 2.81 bits per heavy atom. The lowest BCUT2D eigenvalue weighted by Crippen LogP contribution is -2.51. The van der Waals surface area contributed by atoms with Gasteiger partial charge in [-0.1, -0.05) is 25.1 Å².